The van der Waals surface area contributed by atoms with Gasteiger partial charge in [0.05, 0.1) is 0 Å². The Balaban J connectivity index is 2.22. The van der Waals surface area contributed by atoms with Gasteiger partial charge in [0.2, 0.25) is 5.91 Å². The number of aliphatic carboxylic acids is 1. The first-order chi connectivity index (χ1) is 9.82. The first kappa shape index (κ1) is 15.4. The molecule has 8 nitrogen and oxygen atoms in total. The molecule has 2 amide bonds. The molecule has 114 valence electrons. The molecule has 21 heavy (non-hydrogen) atoms. The van der Waals surface area contributed by atoms with Crippen LogP contribution >= 0.6 is 11.8 Å². The summed E-state index contributed by atoms with van der Waals surface area (Å²) in [7, 11) is 0. The molecule has 9 heteroatoms. The molecule has 2 N–H and O–H groups in total. The lowest BCUT2D eigenvalue weighted by atomic mass is 10.0. The lowest BCUT2D eigenvalue weighted by Crippen LogP contribution is -2.70. The maximum atomic E-state index is 12.0. The van der Waals surface area contributed by atoms with Gasteiger partial charge in [0.1, 0.15) is 23.7 Å². The van der Waals surface area contributed by atoms with Crippen molar-refractivity contribution in [2.24, 2.45) is 0 Å². The third-order valence-corrected chi connectivity index (χ3v) is 4.40. The quantitative estimate of drug-likeness (QED) is 0.521. The van der Waals surface area contributed by atoms with Gasteiger partial charge in [-0.1, -0.05) is 0 Å². The Morgan fingerprint density at radius 2 is 2.10 bits per heavy atom. The van der Waals surface area contributed by atoms with Crippen molar-refractivity contribution in [2.45, 2.75) is 25.3 Å². The summed E-state index contributed by atoms with van der Waals surface area (Å²) in [4.78, 5) is 46.4. The van der Waals surface area contributed by atoms with E-state index in [1.54, 1.807) is 0 Å². The van der Waals surface area contributed by atoms with Crippen molar-refractivity contribution in [3.8, 4) is 0 Å². The minimum atomic E-state index is -1.25. The number of ether oxygens (including phenoxy) is 1. The van der Waals surface area contributed by atoms with Gasteiger partial charge in [0.15, 0.2) is 0 Å². The summed E-state index contributed by atoms with van der Waals surface area (Å²) in [6.45, 7) is 2.36. The zero-order valence-electron chi connectivity index (χ0n) is 11.4. The van der Waals surface area contributed by atoms with Crippen molar-refractivity contribution in [1.82, 2.24) is 10.2 Å². The van der Waals surface area contributed by atoms with E-state index in [-0.39, 0.29) is 18.2 Å². The molecular formula is C12H14N2O6S. The molecule has 1 fully saturated rings. The van der Waals surface area contributed by atoms with Crippen LogP contribution in [0.5, 0.6) is 0 Å². The summed E-state index contributed by atoms with van der Waals surface area (Å²) in [5.41, 5.74) is 0.208. The van der Waals surface area contributed by atoms with E-state index in [1.807, 2.05) is 0 Å². The van der Waals surface area contributed by atoms with Crippen molar-refractivity contribution in [1.29, 1.82) is 0 Å². The molecule has 0 spiro atoms. The van der Waals surface area contributed by atoms with E-state index in [4.69, 9.17) is 4.74 Å². The Kier molecular flexibility index (Phi) is 4.21. The molecule has 2 rings (SSSR count). The zero-order valence-corrected chi connectivity index (χ0v) is 12.2. The first-order valence-electron chi connectivity index (χ1n) is 6.13. The molecule has 0 aromatic heterocycles. The van der Waals surface area contributed by atoms with Crippen molar-refractivity contribution < 1.29 is 29.0 Å². The zero-order chi connectivity index (χ0) is 15.7. The molecule has 0 aromatic carbocycles. The number of hydrogen-bond donors (Lipinski definition) is 2. The number of nitrogens with one attached hydrogen (secondary N) is 1. The summed E-state index contributed by atoms with van der Waals surface area (Å²) < 4.78 is 4.81. The van der Waals surface area contributed by atoms with Gasteiger partial charge >= 0.3 is 11.9 Å². The third kappa shape index (κ3) is 2.87. The molecule has 2 heterocycles. The molecule has 2 aliphatic heterocycles. The topological polar surface area (TPSA) is 113 Å². The normalized spacial score (nSPS) is 24.1. The number of amides is 2. The van der Waals surface area contributed by atoms with E-state index >= 15 is 0 Å². The standard InChI is InChI=1S/C12H14N2O6S/c1-5(15)13-8-10(17)14-9(12(18)19)7(3-20-6(2)16)4-21-11(8)14/h8,11H,3-4H2,1-2H3,(H,13,15)(H,18,19)/t8-,11?/m1/s1. The van der Waals surface area contributed by atoms with Crippen LogP contribution in [0.4, 0.5) is 0 Å². The van der Waals surface area contributed by atoms with Gasteiger partial charge in [-0.3, -0.25) is 19.3 Å². The highest BCUT2D eigenvalue weighted by Crippen LogP contribution is 2.40. The molecule has 0 bridgehead atoms. The van der Waals surface area contributed by atoms with Gasteiger partial charge in [0.25, 0.3) is 5.91 Å². The Morgan fingerprint density at radius 3 is 2.62 bits per heavy atom. The van der Waals surface area contributed by atoms with Crippen LogP contribution in [0, 0.1) is 0 Å². The van der Waals surface area contributed by atoms with E-state index in [2.05, 4.69) is 5.32 Å². The second kappa shape index (κ2) is 5.76. The highest BCUT2D eigenvalue weighted by atomic mass is 32.2. The number of hydrogen-bond acceptors (Lipinski definition) is 6. The lowest BCUT2D eigenvalue weighted by Gasteiger charge is -2.49. The van der Waals surface area contributed by atoms with E-state index in [0.29, 0.717) is 11.3 Å². The molecule has 1 unspecified atom stereocenters. The third-order valence-electron chi connectivity index (χ3n) is 3.06. The fourth-order valence-electron chi connectivity index (χ4n) is 2.20. The number of thioether (sulfide) groups is 1. The summed E-state index contributed by atoms with van der Waals surface area (Å²) in [5.74, 6) is -2.28. The fraction of sp³-hybridized carbons (Fsp3) is 0.500. The minimum absolute atomic E-state index is 0.161. The average Bonchev–Trinajstić information content (AvgIpc) is 2.40. The smallest absolute Gasteiger partial charge is 0.352 e. The van der Waals surface area contributed by atoms with Crippen LogP contribution in [0.2, 0.25) is 0 Å². The summed E-state index contributed by atoms with van der Waals surface area (Å²) in [6.07, 6.45) is 0. The van der Waals surface area contributed by atoms with Gasteiger partial charge in [-0.05, 0) is 0 Å². The van der Waals surface area contributed by atoms with Gasteiger partial charge in [-0.2, -0.15) is 0 Å². The molecule has 2 aliphatic rings. The number of carboxylic acid groups (broad SMARTS) is 1. The SMILES string of the molecule is CC(=O)N[C@@H]1C(=O)N2C(C(=O)O)=C(COC(C)=O)CSC12. The number of carbonyl (C=O) groups excluding carboxylic acids is 3. The number of carboxylic acids is 1. The fourth-order valence-corrected chi connectivity index (χ4v) is 3.53. The Bertz CT molecular complexity index is 558. The minimum Gasteiger partial charge on any atom is -0.477 e. The van der Waals surface area contributed by atoms with Crippen LogP contribution in [0.25, 0.3) is 0 Å². The number of rotatable bonds is 4. The van der Waals surface area contributed by atoms with Crippen molar-refractivity contribution in [2.75, 3.05) is 12.4 Å². The molecular weight excluding hydrogens is 300 g/mol. The predicted molar refractivity (Wildman–Crippen MR) is 72.0 cm³/mol. The summed E-state index contributed by atoms with van der Waals surface area (Å²) in [6, 6.07) is -0.711. The summed E-state index contributed by atoms with van der Waals surface area (Å²) in [5, 5.41) is 11.4. The number of fused-ring (bicyclic) bond motifs is 1. The molecule has 0 aliphatic carbocycles. The monoisotopic (exact) mass is 314 g/mol. The van der Waals surface area contributed by atoms with Gasteiger partial charge in [-0.15, -0.1) is 11.8 Å². The highest BCUT2D eigenvalue weighted by Gasteiger charge is 2.53. The van der Waals surface area contributed by atoms with E-state index in [9.17, 15) is 24.3 Å². The number of β-lactam (4-membered cyclic amide) rings is 1. The Morgan fingerprint density at radius 1 is 1.43 bits per heavy atom. The first-order valence-corrected chi connectivity index (χ1v) is 7.18. The second-order valence-corrected chi connectivity index (χ2v) is 5.73. The molecule has 0 radical (unpaired) electrons. The van der Waals surface area contributed by atoms with Crippen molar-refractivity contribution >= 4 is 35.5 Å². The van der Waals surface area contributed by atoms with Crippen LogP contribution in [-0.2, 0) is 23.9 Å². The Labute approximate surface area is 124 Å². The van der Waals surface area contributed by atoms with Gasteiger partial charge < -0.3 is 15.2 Å². The van der Waals surface area contributed by atoms with Crippen LogP contribution < -0.4 is 5.32 Å². The van der Waals surface area contributed by atoms with Gasteiger partial charge in [0, 0.05) is 25.2 Å². The molecule has 0 aromatic rings. The molecule has 0 saturated carbocycles. The molecule has 2 atom stereocenters. The van der Waals surface area contributed by atoms with Crippen LogP contribution in [0.15, 0.2) is 11.3 Å². The van der Waals surface area contributed by atoms with Crippen molar-refractivity contribution in [3.63, 3.8) is 0 Å². The van der Waals surface area contributed by atoms with E-state index in [0.717, 1.165) is 4.90 Å². The average molecular weight is 314 g/mol. The van der Waals surface area contributed by atoms with E-state index < -0.39 is 29.3 Å². The number of carbonyl (C=O) groups is 4. The predicted octanol–water partition coefficient (Wildman–Crippen LogP) is -0.692. The second-order valence-electron chi connectivity index (χ2n) is 4.63. The van der Waals surface area contributed by atoms with Crippen LogP contribution in [0.3, 0.4) is 0 Å². The van der Waals surface area contributed by atoms with Crippen LogP contribution in [0.1, 0.15) is 13.8 Å². The Hall–Kier alpha value is -2.03. The van der Waals surface area contributed by atoms with Crippen LogP contribution in [-0.4, -0.2) is 57.5 Å². The van der Waals surface area contributed by atoms with Crippen molar-refractivity contribution in [3.05, 3.63) is 11.3 Å². The molecule has 1 saturated heterocycles. The van der Waals surface area contributed by atoms with Gasteiger partial charge in [-0.25, -0.2) is 4.79 Å². The number of esters is 1. The maximum Gasteiger partial charge on any atom is 0.352 e. The van der Waals surface area contributed by atoms with E-state index in [1.165, 1.54) is 25.6 Å². The largest absolute Gasteiger partial charge is 0.477 e. The number of nitrogens with zero attached hydrogens (tertiary/aromatic N) is 1. The lowest BCUT2D eigenvalue weighted by molar-refractivity contribution is -0.150. The summed E-state index contributed by atoms with van der Waals surface area (Å²) >= 11 is 1.33. The maximum absolute atomic E-state index is 12.0. The highest BCUT2D eigenvalue weighted by molar-refractivity contribution is 8.00.